The van der Waals surface area contributed by atoms with Gasteiger partial charge in [0.1, 0.15) is 12.0 Å². The smallest absolute Gasteiger partial charge is 0.357 e. The maximum Gasteiger partial charge on any atom is 0.357 e. The number of hydrogen-bond acceptors (Lipinski definition) is 7. The monoisotopic (exact) mass is 314 g/mol. The minimum absolute atomic E-state index is 0.105. The second kappa shape index (κ2) is 6.41. The van der Waals surface area contributed by atoms with E-state index in [0.717, 1.165) is 11.8 Å². The number of carbonyl (C=O) groups is 1. The third-order valence-corrected chi connectivity index (χ3v) is 3.12. The van der Waals surface area contributed by atoms with Crippen LogP contribution in [0.1, 0.15) is 22.1 Å². The van der Waals surface area contributed by atoms with E-state index in [1.165, 1.54) is 0 Å². The van der Waals surface area contributed by atoms with Crippen LogP contribution in [0.25, 0.3) is 11.3 Å². The van der Waals surface area contributed by atoms with Crippen LogP contribution in [0.2, 0.25) is 0 Å². The largest absolute Gasteiger partial charge is 0.476 e. The maximum absolute atomic E-state index is 10.8. The van der Waals surface area contributed by atoms with E-state index in [-0.39, 0.29) is 5.69 Å². The Balaban J connectivity index is 1.62. The standard InChI is InChI=1S/C15H14N4O4/c1-19(8-14-17-13(9-22-14)15(20)21)7-11-5-12(18-23-11)10-3-2-4-16-6-10/h2-6,9H,7-8H2,1H3,(H,20,21). The van der Waals surface area contributed by atoms with E-state index < -0.39 is 5.97 Å². The van der Waals surface area contributed by atoms with Crippen LogP contribution in [-0.2, 0) is 13.1 Å². The van der Waals surface area contributed by atoms with Crippen molar-refractivity contribution < 1.29 is 18.8 Å². The Morgan fingerprint density at radius 2 is 2.26 bits per heavy atom. The summed E-state index contributed by atoms with van der Waals surface area (Å²) in [5.74, 6) is -0.104. The highest BCUT2D eigenvalue weighted by molar-refractivity contribution is 5.84. The summed E-state index contributed by atoms with van der Waals surface area (Å²) in [6, 6.07) is 5.57. The zero-order valence-electron chi connectivity index (χ0n) is 12.3. The highest BCUT2D eigenvalue weighted by atomic mass is 16.5. The number of nitrogens with zero attached hydrogens (tertiary/aromatic N) is 4. The molecule has 0 aliphatic rings. The molecule has 0 radical (unpaired) electrons. The summed E-state index contributed by atoms with van der Waals surface area (Å²) < 4.78 is 10.4. The molecule has 3 aromatic heterocycles. The Labute approximate surface area is 131 Å². The SMILES string of the molecule is CN(Cc1cc(-c2cccnc2)no1)Cc1nc(C(=O)O)co1. The first kappa shape index (κ1) is 14.9. The van der Waals surface area contributed by atoms with Crippen molar-refractivity contribution in [3.63, 3.8) is 0 Å². The molecule has 23 heavy (non-hydrogen) atoms. The number of hydrogen-bond donors (Lipinski definition) is 1. The van der Waals surface area contributed by atoms with Gasteiger partial charge in [-0.2, -0.15) is 0 Å². The van der Waals surface area contributed by atoms with E-state index in [1.807, 2.05) is 30.1 Å². The molecule has 0 aliphatic heterocycles. The Bertz CT molecular complexity index is 797. The van der Waals surface area contributed by atoms with Gasteiger partial charge in [0, 0.05) is 24.0 Å². The van der Waals surface area contributed by atoms with Gasteiger partial charge in [0.25, 0.3) is 0 Å². The van der Waals surface area contributed by atoms with Crippen molar-refractivity contribution in [3.05, 3.63) is 54.2 Å². The van der Waals surface area contributed by atoms with Gasteiger partial charge < -0.3 is 14.0 Å². The van der Waals surface area contributed by atoms with Crippen LogP contribution < -0.4 is 0 Å². The lowest BCUT2D eigenvalue weighted by atomic mass is 10.2. The van der Waals surface area contributed by atoms with Crippen molar-refractivity contribution in [2.24, 2.45) is 0 Å². The summed E-state index contributed by atoms with van der Waals surface area (Å²) in [5.41, 5.74) is 1.49. The maximum atomic E-state index is 10.8. The minimum atomic E-state index is -1.11. The lowest BCUT2D eigenvalue weighted by molar-refractivity contribution is 0.0690. The van der Waals surface area contributed by atoms with Crippen LogP contribution >= 0.6 is 0 Å². The average molecular weight is 314 g/mol. The molecule has 0 fully saturated rings. The molecular weight excluding hydrogens is 300 g/mol. The van der Waals surface area contributed by atoms with Gasteiger partial charge in [-0.05, 0) is 19.2 Å². The third-order valence-electron chi connectivity index (χ3n) is 3.12. The molecule has 8 nitrogen and oxygen atoms in total. The molecule has 0 aromatic carbocycles. The van der Waals surface area contributed by atoms with E-state index in [2.05, 4.69) is 15.1 Å². The van der Waals surface area contributed by atoms with Gasteiger partial charge in [0.2, 0.25) is 5.89 Å². The fourth-order valence-corrected chi connectivity index (χ4v) is 2.07. The molecule has 0 amide bonds. The number of carboxylic acid groups (broad SMARTS) is 1. The average Bonchev–Trinajstić information content (AvgIpc) is 3.18. The number of aromatic carboxylic acids is 1. The van der Waals surface area contributed by atoms with Crippen molar-refractivity contribution in [2.75, 3.05) is 7.05 Å². The zero-order valence-corrected chi connectivity index (χ0v) is 12.3. The van der Waals surface area contributed by atoms with Crippen LogP contribution in [0.5, 0.6) is 0 Å². The van der Waals surface area contributed by atoms with E-state index in [9.17, 15) is 4.79 Å². The topological polar surface area (TPSA) is 105 Å². The molecule has 3 aromatic rings. The van der Waals surface area contributed by atoms with E-state index >= 15 is 0 Å². The van der Waals surface area contributed by atoms with Gasteiger partial charge in [-0.1, -0.05) is 5.16 Å². The summed E-state index contributed by atoms with van der Waals surface area (Å²) in [7, 11) is 1.84. The Kier molecular flexibility index (Phi) is 4.15. The molecule has 1 N–H and O–H groups in total. The van der Waals surface area contributed by atoms with Crippen LogP contribution in [0.3, 0.4) is 0 Å². The predicted molar refractivity (Wildman–Crippen MR) is 78.4 cm³/mol. The molecule has 0 aliphatic carbocycles. The van der Waals surface area contributed by atoms with Crippen LogP contribution in [0, 0.1) is 0 Å². The summed E-state index contributed by atoms with van der Waals surface area (Å²) >= 11 is 0. The molecule has 3 heterocycles. The van der Waals surface area contributed by atoms with Crippen LogP contribution in [0.15, 0.2) is 45.8 Å². The Morgan fingerprint density at radius 3 is 2.96 bits per heavy atom. The highest BCUT2D eigenvalue weighted by Crippen LogP contribution is 2.18. The fourth-order valence-electron chi connectivity index (χ4n) is 2.07. The minimum Gasteiger partial charge on any atom is -0.476 e. The number of rotatable bonds is 6. The van der Waals surface area contributed by atoms with Gasteiger partial charge in [0.05, 0.1) is 13.1 Å². The van der Waals surface area contributed by atoms with E-state index in [1.54, 1.807) is 12.4 Å². The molecular formula is C15H14N4O4. The quantitative estimate of drug-likeness (QED) is 0.737. The summed E-state index contributed by atoms with van der Waals surface area (Å²) in [6.45, 7) is 0.842. The van der Waals surface area contributed by atoms with Crippen molar-refractivity contribution in [1.29, 1.82) is 0 Å². The molecule has 0 unspecified atom stereocenters. The lowest BCUT2D eigenvalue weighted by Crippen LogP contribution is -2.17. The zero-order chi connectivity index (χ0) is 16.2. The van der Waals surface area contributed by atoms with Crippen molar-refractivity contribution in [2.45, 2.75) is 13.1 Å². The molecule has 3 rings (SSSR count). The van der Waals surface area contributed by atoms with E-state index in [4.69, 9.17) is 14.0 Å². The first-order valence-corrected chi connectivity index (χ1v) is 6.84. The highest BCUT2D eigenvalue weighted by Gasteiger charge is 2.14. The molecule has 0 spiro atoms. The first-order chi connectivity index (χ1) is 11.1. The summed E-state index contributed by atoms with van der Waals surface area (Å²) in [6.07, 6.45) is 4.53. The lowest BCUT2D eigenvalue weighted by Gasteiger charge is -2.11. The van der Waals surface area contributed by atoms with Crippen molar-refractivity contribution >= 4 is 5.97 Å². The second-order valence-corrected chi connectivity index (χ2v) is 5.02. The Morgan fingerprint density at radius 1 is 1.39 bits per heavy atom. The van der Waals surface area contributed by atoms with Crippen molar-refractivity contribution in [3.8, 4) is 11.3 Å². The first-order valence-electron chi connectivity index (χ1n) is 6.84. The fraction of sp³-hybridized carbons (Fsp3) is 0.200. The van der Waals surface area contributed by atoms with Crippen molar-refractivity contribution in [1.82, 2.24) is 20.0 Å². The second-order valence-electron chi connectivity index (χ2n) is 5.02. The van der Waals surface area contributed by atoms with Gasteiger partial charge in [-0.3, -0.25) is 9.88 Å². The molecule has 0 saturated heterocycles. The van der Waals surface area contributed by atoms with Gasteiger partial charge >= 0.3 is 5.97 Å². The number of aromatic nitrogens is 3. The number of oxazole rings is 1. The molecule has 0 bridgehead atoms. The molecule has 118 valence electrons. The van der Waals surface area contributed by atoms with Crippen LogP contribution in [0.4, 0.5) is 0 Å². The Hall–Kier alpha value is -3.00. The van der Waals surface area contributed by atoms with Crippen LogP contribution in [-0.4, -0.2) is 38.1 Å². The van der Waals surface area contributed by atoms with E-state index in [0.29, 0.717) is 30.4 Å². The molecule has 0 saturated carbocycles. The molecule has 8 heteroatoms. The summed E-state index contributed by atoms with van der Waals surface area (Å²) in [5, 5.41) is 12.8. The summed E-state index contributed by atoms with van der Waals surface area (Å²) in [4.78, 5) is 20.6. The van der Waals surface area contributed by atoms with Gasteiger partial charge in [-0.15, -0.1) is 0 Å². The number of carboxylic acids is 1. The third kappa shape index (κ3) is 3.61. The normalized spacial score (nSPS) is 11.0. The van der Waals surface area contributed by atoms with Gasteiger partial charge in [0.15, 0.2) is 11.5 Å². The predicted octanol–water partition coefficient (Wildman–Crippen LogP) is 2.05. The van der Waals surface area contributed by atoms with Gasteiger partial charge in [-0.25, -0.2) is 9.78 Å². The molecule has 0 atom stereocenters. The number of pyridine rings is 1.